The van der Waals surface area contributed by atoms with Gasteiger partial charge >= 0.3 is 5.97 Å². The number of epoxide rings is 1. The summed E-state index contributed by atoms with van der Waals surface area (Å²) in [6, 6.07) is 0. The first kappa shape index (κ1) is 12.2. The average molecular weight is 264 g/mol. The van der Waals surface area contributed by atoms with E-state index in [1.54, 1.807) is 0 Å². The summed E-state index contributed by atoms with van der Waals surface area (Å²) in [6.45, 7) is 4.65. The Kier molecular flexibility index (Phi) is 2.70. The molecule has 3 saturated carbocycles. The lowest BCUT2D eigenvalue weighted by molar-refractivity contribution is -0.150. The average Bonchev–Trinajstić information content (AvgIpc) is 2.79. The summed E-state index contributed by atoms with van der Waals surface area (Å²) in [7, 11) is 0. The predicted octanol–water partition coefficient (Wildman–Crippen LogP) is 2.64. The summed E-state index contributed by atoms with van der Waals surface area (Å²) >= 11 is 0. The van der Waals surface area contributed by atoms with Gasteiger partial charge in [-0.15, -0.1) is 0 Å². The molecular formula is C16H24O3. The van der Waals surface area contributed by atoms with E-state index in [2.05, 4.69) is 0 Å². The van der Waals surface area contributed by atoms with E-state index in [1.807, 2.05) is 13.8 Å². The second kappa shape index (κ2) is 4.21. The van der Waals surface area contributed by atoms with Crippen molar-refractivity contribution in [3.8, 4) is 0 Å². The van der Waals surface area contributed by atoms with E-state index >= 15 is 0 Å². The minimum atomic E-state index is -0.00575. The monoisotopic (exact) mass is 264 g/mol. The molecule has 3 aliphatic carbocycles. The first-order valence-electron chi connectivity index (χ1n) is 8.01. The molecule has 2 bridgehead atoms. The van der Waals surface area contributed by atoms with E-state index in [1.165, 1.54) is 19.3 Å². The summed E-state index contributed by atoms with van der Waals surface area (Å²) in [5.41, 5.74) is 0. The fourth-order valence-corrected chi connectivity index (χ4v) is 5.13. The van der Waals surface area contributed by atoms with Crippen molar-refractivity contribution in [2.45, 2.75) is 51.7 Å². The molecule has 4 aliphatic rings. The van der Waals surface area contributed by atoms with Gasteiger partial charge in [-0.1, -0.05) is 13.8 Å². The second-order valence-electron chi connectivity index (χ2n) is 7.21. The predicted molar refractivity (Wildman–Crippen MR) is 70.4 cm³/mol. The number of hydrogen-bond donors (Lipinski definition) is 0. The van der Waals surface area contributed by atoms with E-state index in [9.17, 15) is 4.79 Å². The fourth-order valence-electron chi connectivity index (χ4n) is 5.13. The van der Waals surface area contributed by atoms with Gasteiger partial charge in [0.1, 0.15) is 0 Å². The molecule has 0 N–H and O–H groups in total. The van der Waals surface area contributed by atoms with Crippen molar-refractivity contribution in [1.82, 2.24) is 0 Å². The quantitative estimate of drug-likeness (QED) is 0.579. The molecule has 8 unspecified atom stereocenters. The van der Waals surface area contributed by atoms with Crippen molar-refractivity contribution in [2.75, 3.05) is 6.61 Å². The van der Waals surface area contributed by atoms with Gasteiger partial charge in [-0.2, -0.15) is 0 Å². The molecule has 0 aromatic carbocycles. The molecule has 3 nitrogen and oxygen atoms in total. The molecule has 4 fully saturated rings. The highest BCUT2D eigenvalue weighted by atomic mass is 16.6. The Morgan fingerprint density at radius 1 is 1.32 bits per heavy atom. The SMILES string of the molecule is CCC(C)C(=O)OCC1CC2CC1C1C2CC2OC21. The maximum atomic E-state index is 11.8. The number of ether oxygens (including phenoxy) is 2. The lowest BCUT2D eigenvalue weighted by atomic mass is 9.75. The second-order valence-corrected chi connectivity index (χ2v) is 7.21. The molecule has 0 aromatic rings. The molecule has 106 valence electrons. The van der Waals surface area contributed by atoms with Crippen molar-refractivity contribution < 1.29 is 14.3 Å². The van der Waals surface area contributed by atoms with Gasteiger partial charge in [0.2, 0.25) is 0 Å². The van der Waals surface area contributed by atoms with Gasteiger partial charge in [-0.25, -0.2) is 0 Å². The minimum Gasteiger partial charge on any atom is -0.465 e. The van der Waals surface area contributed by atoms with E-state index in [0.717, 1.165) is 30.1 Å². The van der Waals surface area contributed by atoms with E-state index in [0.29, 0.717) is 24.7 Å². The third kappa shape index (κ3) is 1.77. The minimum absolute atomic E-state index is 0.00575. The Morgan fingerprint density at radius 2 is 2.16 bits per heavy atom. The highest BCUT2D eigenvalue weighted by Crippen LogP contribution is 2.65. The molecule has 0 amide bonds. The van der Waals surface area contributed by atoms with Crippen LogP contribution in [0.3, 0.4) is 0 Å². The zero-order chi connectivity index (χ0) is 13.1. The molecule has 1 heterocycles. The van der Waals surface area contributed by atoms with Crippen LogP contribution in [-0.2, 0) is 14.3 Å². The Morgan fingerprint density at radius 3 is 2.95 bits per heavy atom. The van der Waals surface area contributed by atoms with Crippen molar-refractivity contribution in [3.05, 3.63) is 0 Å². The Labute approximate surface area is 115 Å². The van der Waals surface area contributed by atoms with Crippen LogP contribution in [0.15, 0.2) is 0 Å². The molecule has 19 heavy (non-hydrogen) atoms. The van der Waals surface area contributed by atoms with Crippen molar-refractivity contribution in [3.63, 3.8) is 0 Å². The molecule has 0 spiro atoms. The van der Waals surface area contributed by atoms with Crippen LogP contribution in [-0.4, -0.2) is 24.8 Å². The maximum Gasteiger partial charge on any atom is 0.308 e. The molecular weight excluding hydrogens is 240 g/mol. The van der Waals surface area contributed by atoms with Crippen LogP contribution >= 0.6 is 0 Å². The van der Waals surface area contributed by atoms with E-state index in [-0.39, 0.29) is 11.9 Å². The Bertz CT molecular complexity index is 393. The van der Waals surface area contributed by atoms with E-state index < -0.39 is 0 Å². The van der Waals surface area contributed by atoms with Crippen LogP contribution in [0.25, 0.3) is 0 Å². The van der Waals surface area contributed by atoms with Gasteiger partial charge in [0.05, 0.1) is 24.7 Å². The topological polar surface area (TPSA) is 38.8 Å². The normalized spacial score (nSPS) is 50.7. The van der Waals surface area contributed by atoms with Crippen LogP contribution in [0.5, 0.6) is 0 Å². The number of esters is 1. The lowest BCUT2D eigenvalue weighted by Crippen LogP contribution is -2.32. The largest absolute Gasteiger partial charge is 0.465 e. The zero-order valence-corrected chi connectivity index (χ0v) is 11.9. The number of carbonyl (C=O) groups is 1. The van der Waals surface area contributed by atoms with Crippen LogP contribution < -0.4 is 0 Å². The number of hydrogen-bond acceptors (Lipinski definition) is 3. The summed E-state index contributed by atoms with van der Waals surface area (Å²) in [5, 5.41) is 0. The van der Waals surface area contributed by atoms with Crippen molar-refractivity contribution in [2.24, 2.45) is 35.5 Å². The fraction of sp³-hybridized carbons (Fsp3) is 0.938. The molecule has 3 heteroatoms. The zero-order valence-electron chi connectivity index (χ0n) is 11.9. The number of carbonyl (C=O) groups excluding carboxylic acids is 1. The summed E-state index contributed by atoms with van der Waals surface area (Å²) in [6.07, 6.45) is 6.02. The van der Waals surface area contributed by atoms with Gasteiger partial charge in [-0.05, 0) is 55.3 Å². The van der Waals surface area contributed by atoms with Gasteiger partial charge in [0.15, 0.2) is 0 Å². The lowest BCUT2D eigenvalue weighted by Gasteiger charge is -2.32. The first-order valence-corrected chi connectivity index (χ1v) is 8.01. The molecule has 1 aliphatic heterocycles. The maximum absolute atomic E-state index is 11.8. The first-order chi connectivity index (χ1) is 9.19. The smallest absolute Gasteiger partial charge is 0.308 e. The summed E-state index contributed by atoms with van der Waals surface area (Å²) in [4.78, 5) is 11.8. The number of fused-ring (bicyclic) bond motifs is 7. The van der Waals surface area contributed by atoms with Gasteiger partial charge in [0.25, 0.3) is 0 Å². The third-order valence-electron chi connectivity index (χ3n) is 6.34. The molecule has 1 saturated heterocycles. The van der Waals surface area contributed by atoms with Gasteiger partial charge < -0.3 is 9.47 Å². The van der Waals surface area contributed by atoms with Gasteiger partial charge in [0, 0.05) is 0 Å². The third-order valence-corrected chi connectivity index (χ3v) is 6.34. The highest BCUT2D eigenvalue weighted by Gasteiger charge is 2.66. The van der Waals surface area contributed by atoms with Crippen LogP contribution in [0.4, 0.5) is 0 Å². The van der Waals surface area contributed by atoms with Crippen molar-refractivity contribution >= 4 is 5.97 Å². The van der Waals surface area contributed by atoms with Crippen molar-refractivity contribution in [1.29, 1.82) is 0 Å². The Hall–Kier alpha value is -0.570. The standard InChI is InChI=1S/C16H24O3/c1-3-8(2)16(17)18-7-10-4-9-5-11(10)14-12(9)6-13-15(14)19-13/h8-15H,3-7H2,1-2H3. The van der Waals surface area contributed by atoms with Crippen LogP contribution in [0.2, 0.25) is 0 Å². The molecule has 0 aromatic heterocycles. The van der Waals surface area contributed by atoms with E-state index in [4.69, 9.17) is 9.47 Å². The summed E-state index contributed by atoms with van der Waals surface area (Å²) < 4.78 is 11.3. The number of rotatable bonds is 4. The molecule has 8 atom stereocenters. The van der Waals surface area contributed by atoms with Gasteiger partial charge in [-0.3, -0.25) is 4.79 Å². The van der Waals surface area contributed by atoms with Crippen LogP contribution in [0, 0.1) is 35.5 Å². The van der Waals surface area contributed by atoms with Crippen LogP contribution in [0.1, 0.15) is 39.5 Å². The molecule has 0 radical (unpaired) electrons. The summed E-state index contributed by atoms with van der Waals surface area (Å²) in [5.74, 6) is 4.08. The molecule has 4 rings (SSSR count). The Balaban J connectivity index is 1.36. The highest BCUT2D eigenvalue weighted by molar-refractivity contribution is 5.71.